The summed E-state index contributed by atoms with van der Waals surface area (Å²) in [5, 5.41) is 0.703. The maximum absolute atomic E-state index is 5.86. The minimum atomic E-state index is 0. The zero-order valence-electron chi connectivity index (χ0n) is 9.94. The molecule has 0 bridgehead atoms. The van der Waals surface area contributed by atoms with E-state index in [0.29, 0.717) is 17.7 Å². The van der Waals surface area contributed by atoms with Gasteiger partial charge in [-0.15, -0.1) is 12.4 Å². The Hall–Kier alpha value is -0.0000000000000000555. The molecule has 1 aliphatic rings. The summed E-state index contributed by atoms with van der Waals surface area (Å²) in [5.41, 5.74) is 5.84. The van der Waals surface area contributed by atoms with Gasteiger partial charge in [0.05, 0.1) is 4.47 Å². The number of benzene rings is 1. The molecule has 2 N–H and O–H groups in total. The van der Waals surface area contributed by atoms with E-state index >= 15 is 0 Å². The Morgan fingerprint density at radius 2 is 2.28 bits per heavy atom. The molecule has 0 radical (unpaired) electrons. The molecular formula is C12H17BrCl2N2O. The van der Waals surface area contributed by atoms with Crippen LogP contribution in [0, 0.1) is 0 Å². The fourth-order valence-electron chi connectivity index (χ4n) is 1.94. The van der Waals surface area contributed by atoms with Crippen molar-refractivity contribution >= 4 is 39.9 Å². The average Bonchev–Trinajstić information content (AvgIpc) is 2.68. The number of hydrogen-bond donors (Lipinski definition) is 1. The molecule has 2 rings (SSSR count). The maximum atomic E-state index is 5.86. The summed E-state index contributed by atoms with van der Waals surface area (Å²) in [6.07, 6.45) is 1.09. The lowest BCUT2D eigenvalue weighted by atomic mass is 10.3. The largest absolute Gasteiger partial charge is 0.491 e. The minimum Gasteiger partial charge on any atom is -0.491 e. The number of rotatable bonds is 4. The van der Waals surface area contributed by atoms with E-state index in [2.05, 4.69) is 20.8 Å². The molecule has 18 heavy (non-hydrogen) atoms. The van der Waals surface area contributed by atoms with Crippen molar-refractivity contribution < 1.29 is 4.74 Å². The molecule has 1 fully saturated rings. The molecule has 3 nitrogen and oxygen atoms in total. The van der Waals surface area contributed by atoms with Gasteiger partial charge in [-0.2, -0.15) is 0 Å². The monoisotopic (exact) mass is 354 g/mol. The molecular weight excluding hydrogens is 339 g/mol. The topological polar surface area (TPSA) is 38.5 Å². The van der Waals surface area contributed by atoms with Crippen molar-refractivity contribution in [3.05, 3.63) is 27.7 Å². The van der Waals surface area contributed by atoms with Gasteiger partial charge in [0.1, 0.15) is 12.4 Å². The van der Waals surface area contributed by atoms with Gasteiger partial charge in [-0.1, -0.05) is 11.6 Å². The molecule has 6 heteroatoms. The lowest BCUT2D eigenvalue weighted by Crippen LogP contribution is -2.29. The Morgan fingerprint density at radius 1 is 1.50 bits per heavy atom. The SMILES string of the molecule is Cl.N[C@@H]1CCN(CCOc2ccc(Cl)cc2Br)C1. The van der Waals surface area contributed by atoms with Crippen LogP contribution in [0.5, 0.6) is 5.75 Å². The van der Waals surface area contributed by atoms with Gasteiger partial charge < -0.3 is 10.5 Å². The van der Waals surface area contributed by atoms with Gasteiger partial charge in [-0.25, -0.2) is 0 Å². The van der Waals surface area contributed by atoms with Gasteiger partial charge in [-0.05, 0) is 47.1 Å². The lowest BCUT2D eigenvalue weighted by molar-refractivity contribution is 0.235. The molecule has 102 valence electrons. The van der Waals surface area contributed by atoms with Crippen molar-refractivity contribution in [3.8, 4) is 5.75 Å². The van der Waals surface area contributed by atoms with Crippen LogP contribution in [0.1, 0.15) is 6.42 Å². The van der Waals surface area contributed by atoms with Gasteiger partial charge in [0.2, 0.25) is 0 Å². The molecule has 0 spiro atoms. The Bertz CT molecular complexity index is 392. The van der Waals surface area contributed by atoms with Crippen LogP contribution in [-0.2, 0) is 0 Å². The summed E-state index contributed by atoms with van der Waals surface area (Å²) in [7, 11) is 0. The number of nitrogens with zero attached hydrogens (tertiary/aromatic N) is 1. The highest BCUT2D eigenvalue weighted by Crippen LogP contribution is 2.27. The molecule has 1 aromatic carbocycles. The number of ether oxygens (including phenoxy) is 1. The van der Waals surface area contributed by atoms with Crippen LogP contribution in [-0.4, -0.2) is 37.2 Å². The van der Waals surface area contributed by atoms with Crippen LogP contribution < -0.4 is 10.5 Å². The molecule has 0 aromatic heterocycles. The predicted molar refractivity (Wildman–Crippen MR) is 80.9 cm³/mol. The molecule has 0 aliphatic carbocycles. The smallest absolute Gasteiger partial charge is 0.133 e. The normalized spacial score (nSPS) is 19.6. The van der Waals surface area contributed by atoms with Gasteiger partial charge in [0.15, 0.2) is 0 Å². The molecule has 0 amide bonds. The molecule has 1 saturated heterocycles. The predicted octanol–water partition coefficient (Wildman–Crippen LogP) is 2.94. The number of halogens is 3. The van der Waals surface area contributed by atoms with Gasteiger partial charge in [0.25, 0.3) is 0 Å². The standard InChI is InChI=1S/C12H16BrClN2O.ClH/c13-11-7-9(14)1-2-12(11)17-6-5-16-4-3-10(15)8-16;/h1-2,7,10H,3-6,8,15H2;1H/t10-;/m1./s1. The van der Waals surface area contributed by atoms with E-state index in [9.17, 15) is 0 Å². The Morgan fingerprint density at radius 3 is 2.89 bits per heavy atom. The van der Waals surface area contributed by atoms with Gasteiger partial charge in [0, 0.05) is 24.2 Å². The molecule has 1 aliphatic heterocycles. The molecule has 1 heterocycles. The van der Waals surface area contributed by atoms with Crippen molar-refractivity contribution in [1.29, 1.82) is 0 Å². The van der Waals surface area contributed by atoms with E-state index in [1.807, 2.05) is 18.2 Å². The quantitative estimate of drug-likeness (QED) is 0.902. The zero-order valence-corrected chi connectivity index (χ0v) is 13.1. The molecule has 0 unspecified atom stereocenters. The van der Waals surface area contributed by atoms with Gasteiger partial charge >= 0.3 is 0 Å². The third-order valence-corrected chi connectivity index (χ3v) is 3.72. The average molecular weight is 356 g/mol. The first-order chi connectivity index (χ1) is 8.15. The second kappa shape index (κ2) is 7.56. The van der Waals surface area contributed by atoms with Gasteiger partial charge in [-0.3, -0.25) is 4.90 Å². The highest BCUT2D eigenvalue weighted by molar-refractivity contribution is 9.10. The number of nitrogens with two attached hydrogens (primary N) is 1. The Kier molecular flexibility index (Phi) is 6.74. The lowest BCUT2D eigenvalue weighted by Gasteiger charge is -2.16. The molecule has 1 aromatic rings. The number of likely N-dealkylation sites (tertiary alicyclic amines) is 1. The Balaban J connectivity index is 0.00000162. The zero-order chi connectivity index (χ0) is 12.3. The maximum Gasteiger partial charge on any atom is 0.133 e. The first kappa shape index (κ1) is 16.1. The first-order valence-electron chi connectivity index (χ1n) is 5.71. The van der Waals surface area contributed by atoms with E-state index in [4.69, 9.17) is 22.1 Å². The van der Waals surface area contributed by atoms with Crippen molar-refractivity contribution in [1.82, 2.24) is 4.90 Å². The summed E-state index contributed by atoms with van der Waals surface area (Å²) in [5.74, 6) is 0.831. The van der Waals surface area contributed by atoms with Crippen LogP contribution in [0.3, 0.4) is 0 Å². The van der Waals surface area contributed by atoms with Crippen LogP contribution in [0.15, 0.2) is 22.7 Å². The fraction of sp³-hybridized carbons (Fsp3) is 0.500. The van der Waals surface area contributed by atoms with E-state index in [1.165, 1.54) is 0 Å². The van der Waals surface area contributed by atoms with Crippen molar-refractivity contribution in [2.75, 3.05) is 26.2 Å². The molecule has 0 saturated carbocycles. The summed E-state index contributed by atoms with van der Waals surface area (Å²) >= 11 is 9.29. The van der Waals surface area contributed by atoms with E-state index < -0.39 is 0 Å². The number of hydrogen-bond acceptors (Lipinski definition) is 3. The third kappa shape index (κ3) is 4.59. The minimum absolute atomic E-state index is 0. The van der Waals surface area contributed by atoms with Crippen LogP contribution in [0.4, 0.5) is 0 Å². The van der Waals surface area contributed by atoms with Crippen molar-refractivity contribution in [3.63, 3.8) is 0 Å². The summed E-state index contributed by atoms with van der Waals surface area (Å²) in [6, 6.07) is 5.87. The Labute approximate surface area is 127 Å². The second-order valence-corrected chi connectivity index (χ2v) is 5.56. The summed E-state index contributed by atoms with van der Waals surface area (Å²) < 4.78 is 6.59. The molecule has 1 atom stereocenters. The van der Waals surface area contributed by atoms with E-state index in [1.54, 1.807) is 0 Å². The fourth-order valence-corrected chi connectivity index (χ4v) is 2.74. The second-order valence-electron chi connectivity index (χ2n) is 4.27. The summed E-state index contributed by atoms with van der Waals surface area (Å²) in [4.78, 5) is 2.33. The van der Waals surface area contributed by atoms with Crippen molar-refractivity contribution in [2.45, 2.75) is 12.5 Å². The van der Waals surface area contributed by atoms with Crippen LogP contribution in [0.25, 0.3) is 0 Å². The van der Waals surface area contributed by atoms with E-state index in [0.717, 1.165) is 36.3 Å². The first-order valence-corrected chi connectivity index (χ1v) is 6.88. The van der Waals surface area contributed by atoms with Crippen molar-refractivity contribution in [2.24, 2.45) is 5.73 Å². The summed E-state index contributed by atoms with van der Waals surface area (Å²) in [6.45, 7) is 3.65. The third-order valence-electron chi connectivity index (χ3n) is 2.87. The highest BCUT2D eigenvalue weighted by Gasteiger charge is 2.18. The van der Waals surface area contributed by atoms with Crippen LogP contribution in [0.2, 0.25) is 5.02 Å². The van der Waals surface area contributed by atoms with E-state index in [-0.39, 0.29) is 12.4 Å². The highest BCUT2D eigenvalue weighted by atomic mass is 79.9. The van der Waals surface area contributed by atoms with Crippen LogP contribution >= 0.6 is 39.9 Å².